The number of aromatic nitrogens is 2. The van der Waals surface area contributed by atoms with Crippen LogP contribution in [0.25, 0.3) is 0 Å². The van der Waals surface area contributed by atoms with Gasteiger partial charge in [-0.3, -0.25) is 4.79 Å². The first-order valence-corrected chi connectivity index (χ1v) is 9.77. The molecular formula is C17H21N3OS2. The molecule has 1 N–H and O–H groups in total. The van der Waals surface area contributed by atoms with Crippen LogP contribution in [0.3, 0.4) is 0 Å². The summed E-state index contributed by atoms with van der Waals surface area (Å²) >= 11 is 3.00. The van der Waals surface area contributed by atoms with Crippen LogP contribution in [-0.2, 0) is 12.8 Å². The van der Waals surface area contributed by atoms with E-state index in [9.17, 15) is 4.79 Å². The lowest BCUT2D eigenvalue weighted by Crippen LogP contribution is -2.13. The Morgan fingerprint density at radius 2 is 2.17 bits per heavy atom. The van der Waals surface area contributed by atoms with Gasteiger partial charge in [0, 0.05) is 12.1 Å². The van der Waals surface area contributed by atoms with E-state index >= 15 is 0 Å². The molecule has 0 saturated heterocycles. The van der Waals surface area contributed by atoms with E-state index in [1.54, 1.807) is 0 Å². The number of hydrogen-bond donors (Lipinski definition) is 1. The van der Waals surface area contributed by atoms with Gasteiger partial charge in [-0.1, -0.05) is 42.2 Å². The highest BCUT2D eigenvalue weighted by Gasteiger charge is 2.20. The average molecular weight is 348 g/mol. The van der Waals surface area contributed by atoms with Crippen molar-refractivity contribution in [3.05, 3.63) is 34.9 Å². The van der Waals surface area contributed by atoms with Gasteiger partial charge in [0.25, 0.3) is 0 Å². The second kappa shape index (κ2) is 7.45. The number of benzene rings is 1. The van der Waals surface area contributed by atoms with Crippen LogP contribution in [0, 0.1) is 0 Å². The smallest absolute Gasteiger partial charge is 0.206 e. The maximum atomic E-state index is 12.6. The van der Waals surface area contributed by atoms with Crippen LogP contribution < -0.4 is 5.32 Å². The number of nitrogens with one attached hydrogen (secondary N) is 1. The maximum Gasteiger partial charge on any atom is 0.206 e. The van der Waals surface area contributed by atoms with Crippen molar-refractivity contribution in [1.29, 1.82) is 0 Å². The minimum atomic E-state index is -0.151. The zero-order valence-electron chi connectivity index (χ0n) is 13.5. The van der Waals surface area contributed by atoms with E-state index in [2.05, 4.69) is 34.6 Å². The van der Waals surface area contributed by atoms with Gasteiger partial charge in [0.05, 0.1) is 5.25 Å². The first-order chi connectivity index (χ1) is 11.2. The van der Waals surface area contributed by atoms with E-state index in [-0.39, 0.29) is 11.0 Å². The lowest BCUT2D eigenvalue weighted by Gasteiger charge is -2.09. The molecule has 6 heteroatoms. The van der Waals surface area contributed by atoms with Crippen LogP contribution in [0.5, 0.6) is 0 Å². The van der Waals surface area contributed by atoms with Gasteiger partial charge in [-0.25, -0.2) is 0 Å². The van der Waals surface area contributed by atoms with Crippen LogP contribution in [0.4, 0.5) is 5.13 Å². The van der Waals surface area contributed by atoms with E-state index in [0.29, 0.717) is 0 Å². The summed E-state index contributed by atoms with van der Waals surface area (Å²) in [6.45, 7) is 4.95. The summed E-state index contributed by atoms with van der Waals surface area (Å²) in [6, 6.07) is 6.17. The predicted octanol–water partition coefficient (Wildman–Crippen LogP) is 4.21. The fourth-order valence-corrected chi connectivity index (χ4v) is 4.72. The molecule has 1 atom stereocenters. The number of carbonyl (C=O) groups is 1. The van der Waals surface area contributed by atoms with Crippen LogP contribution in [-0.4, -0.2) is 27.8 Å². The number of Topliss-reactive ketones (excluding diaryl/α,β-unsaturated/α-hetero) is 1. The van der Waals surface area contributed by atoms with Crippen molar-refractivity contribution in [3.63, 3.8) is 0 Å². The standard InChI is InChI=1S/C17H21N3OS2/c1-3-9-18-16-19-20-17(23-16)22-11(2)15(21)14-8-7-12-5-4-6-13(12)10-14/h7-8,10-11H,3-6,9H2,1-2H3,(H,18,19). The third-order valence-electron chi connectivity index (χ3n) is 3.96. The van der Waals surface area contributed by atoms with Crippen LogP contribution >= 0.6 is 23.1 Å². The number of hydrogen-bond acceptors (Lipinski definition) is 6. The number of fused-ring (bicyclic) bond motifs is 1. The third-order valence-corrected chi connectivity index (χ3v) is 6.03. The van der Waals surface area contributed by atoms with Crippen molar-refractivity contribution in [2.45, 2.75) is 49.1 Å². The van der Waals surface area contributed by atoms with Crippen molar-refractivity contribution in [3.8, 4) is 0 Å². The lowest BCUT2D eigenvalue weighted by atomic mass is 10.0. The van der Waals surface area contributed by atoms with E-state index in [0.717, 1.165) is 40.8 Å². The molecule has 2 aromatic rings. The first kappa shape index (κ1) is 16.5. The molecule has 122 valence electrons. The second-order valence-corrected chi connectivity index (χ2v) is 8.33. The molecule has 0 radical (unpaired) electrons. The Hall–Kier alpha value is -1.40. The number of anilines is 1. The van der Waals surface area contributed by atoms with Gasteiger partial charge in [-0.15, -0.1) is 10.2 Å². The highest BCUT2D eigenvalue weighted by molar-refractivity contribution is 8.02. The summed E-state index contributed by atoms with van der Waals surface area (Å²) < 4.78 is 0.839. The molecule has 1 aliphatic rings. The number of thioether (sulfide) groups is 1. The van der Waals surface area contributed by atoms with Crippen molar-refractivity contribution in [2.24, 2.45) is 0 Å². The van der Waals surface area contributed by atoms with Gasteiger partial charge in [-0.05, 0) is 49.8 Å². The minimum absolute atomic E-state index is 0.151. The van der Waals surface area contributed by atoms with Gasteiger partial charge < -0.3 is 5.32 Å². The van der Waals surface area contributed by atoms with Gasteiger partial charge in [0.15, 0.2) is 10.1 Å². The van der Waals surface area contributed by atoms with Crippen molar-refractivity contribution >= 4 is 34.0 Å². The first-order valence-electron chi connectivity index (χ1n) is 8.07. The topological polar surface area (TPSA) is 54.9 Å². The van der Waals surface area contributed by atoms with Crippen LogP contribution in [0.2, 0.25) is 0 Å². The number of carbonyl (C=O) groups excluding carboxylic acids is 1. The quantitative estimate of drug-likeness (QED) is 0.600. The summed E-state index contributed by atoms with van der Waals surface area (Å²) in [7, 11) is 0. The number of rotatable bonds is 7. The zero-order chi connectivity index (χ0) is 16.2. The van der Waals surface area contributed by atoms with Crippen molar-refractivity contribution < 1.29 is 4.79 Å². The summed E-state index contributed by atoms with van der Waals surface area (Å²) in [6.07, 6.45) is 4.50. The molecule has 0 saturated carbocycles. The summed E-state index contributed by atoms with van der Waals surface area (Å²) in [4.78, 5) is 12.6. The Kier molecular flexibility index (Phi) is 5.33. The molecule has 1 aromatic heterocycles. The molecule has 1 aliphatic carbocycles. The Balaban J connectivity index is 1.64. The van der Waals surface area contributed by atoms with E-state index < -0.39 is 0 Å². The molecular weight excluding hydrogens is 326 g/mol. The highest BCUT2D eigenvalue weighted by Crippen LogP contribution is 2.31. The zero-order valence-corrected chi connectivity index (χ0v) is 15.1. The molecule has 0 fully saturated rings. The average Bonchev–Trinajstić information content (AvgIpc) is 3.20. The van der Waals surface area contributed by atoms with Gasteiger partial charge in [-0.2, -0.15) is 0 Å². The summed E-state index contributed by atoms with van der Waals surface area (Å²) in [5.74, 6) is 0.169. The summed E-state index contributed by atoms with van der Waals surface area (Å²) in [5.41, 5.74) is 3.56. The van der Waals surface area contributed by atoms with Gasteiger partial charge >= 0.3 is 0 Å². The summed E-state index contributed by atoms with van der Waals surface area (Å²) in [5, 5.41) is 12.2. The number of ketones is 1. The largest absolute Gasteiger partial charge is 0.360 e. The van der Waals surface area contributed by atoms with Crippen LogP contribution in [0.1, 0.15) is 48.2 Å². The highest BCUT2D eigenvalue weighted by atomic mass is 32.2. The molecule has 0 spiro atoms. The van der Waals surface area contributed by atoms with E-state index in [1.165, 1.54) is 40.6 Å². The second-order valence-electron chi connectivity index (χ2n) is 5.76. The molecule has 0 amide bonds. The minimum Gasteiger partial charge on any atom is -0.360 e. The molecule has 23 heavy (non-hydrogen) atoms. The number of aryl methyl sites for hydroxylation is 2. The van der Waals surface area contributed by atoms with E-state index in [1.807, 2.05) is 13.0 Å². The molecule has 4 nitrogen and oxygen atoms in total. The molecule has 0 bridgehead atoms. The van der Waals surface area contributed by atoms with Crippen molar-refractivity contribution in [1.82, 2.24) is 10.2 Å². The Labute approximate surface area is 145 Å². The van der Waals surface area contributed by atoms with Crippen molar-refractivity contribution in [2.75, 3.05) is 11.9 Å². The molecule has 1 unspecified atom stereocenters. The van der Waals surface area contributed by atoms with E-state index in [4.69, 9.17) is 0 Å². The Bertz CT molecular complexity index is 699. The normalized spacial score (nSPS) is 14.5. The predicted molar refractivity (Wildman–Crippen MR) is 96.8 cm³/mol. The molecule has 3 rings (SSSR count). The fraction of sp³-hybridized carbons (Fsp3) is 0.471. The van der Waals surface area contributed by atoms with Crippen LogP contribution in [0.15, 0.2) is 22.5 Å². The van der Waals surface area contributed by atoms with Gasteiger partial charge in [0.2, 0.25) is 5.13 Å². The SMILES string of the molecule is CCCNc1nnc(SC(C)C(=O)c2ccc3c(c2)CCC3)s1. The van der Waals surface area contributed by atoms with Gasteiger partial charge in [0.1, 0.15) is 0 Å². The Morgan fingerprint density at radius 1 is 1.35 bits per heavy atom. The maximum absolute atomic E-state index is 12.6. The molecule has 1 aromatic carbocycles. The lowest BCUT2D eigenvalue weighted by molar-refractivity contribution is 0.0994. The monoisotopic (exact) mass is 347 g/mol. The molecule has 0 aliphatic heterocycles. The third kappa shape index (κ3) is 3.93. The fourth-order valence-electron chi connectivity index (χ4n) is 2.73. The number of nitrogens with zero attached hydrogens (tertiary/aromatic N) is 2. The molecule has 1 heterocycles. The Morgan fingerprint density at radius 3 is 3.00 bits per heavy atom.